The van der Waals surface area contributed by atoms with Gasteiger partial charge in [-0.2, -0.15) is 26.3 Å². The Labute approximate surface area is 159 Å². The number of ether oxygens (including phenoxy) is 1. The third kappa shape index (κ3) is 6.29. The molecule has 1 N–H and O–H groups in total. The second kappa shape index (κ2) is 7.78. The van der Waals surface area contributed by atoms with Gasteiger partial charge in [0.2, 0.25) is 10.0 Å². The lowest BCUT2D eigenvalue weighted by Gasteiger charge is -2.15. The maximum Gasteiger partial charge on any atom is 0.416 e. The molecule has 2 aromatic rings. The van der Waals surface area contributed by atoms with Crippen molar-refractivity contribution in [2.75, 3.05) is 6.26 Å². The average molecular weight is 449 g/mol. The van der Waals surface area contributed by atoms with Crippen molar-refractivity contribution in [2.45, 2.75) is 18.9 Å². The summed E-state index contributed by atoms with van der Waals surface area (Å²) >= 11 is 0. The number of halogens is 8. The second-order valence-corrected chi connectivity index (χ2v) is 7.64. The molecule has 0 spiro atoms. The van der Waals surface area contributed by atoms with Gasteiger partial charge in [-0.3, -0.25) is 0 Å². The van der Waals surface area contributed by atoms with E-state index < -0.39 is 68.7 Å². The average Bonchev–Trinajstić information content (AvgIpc) is 2.54. The molecule has 0 radical (unpaired) electrons. The minimum absolute atomic E-state index is 0.149. The number of hydrogen-bond donors (Lipinski definition) is 1. The molecule has 2 aromatic carbocycles. The Kier molecular flexibility index (Phi) is 6.14. The van der Waals surface area contributed by atoms with Crippen LogP contribution in [0.2, 0.25) is 0 Å². The molecule has 0 saturated carbocycles. The predicted molar refractivity (Wildman–Crippen MR) is 84.6 cm³/mol. The van der Waals surface area contributed by atoms with Gasteiger partial charge in [-0.15, -0.1) is 0 Å². The lowest BCUT2D eigenvalue weighted by Crippen LogP contribution is -2.22. The third-order valence-electron chi connectivity index (χ3n) is 3.41. The van der Waals surface area contributed by atoms with Crippen LogP contribution in [0.1, 0.15) is 16.7 Å². The number of benzene rings is 2. The minimum atomic E-state index is -5.15. The zero-order valence-corrected chi connectivity index (χ0v) is 15.1. The van der Waals surface area contributed by atoms with Gasteiger partial charge < -0.3 is 4.74 Å². The molecule has 0 fully saturated rings. The zero-order valence-electron chi connectivity index (χ0n) is 14.3. The molecule has 2 rings (SSSR count). The molecule has 0 saturated heterocycles. The summed E-state index contributed by atoms with van der Waals surface area (Å²) in [6.45, 7) is -0.635. The van der Waals surface area contributed by atoms with E-state index in [2.05, 4.69) is 0 Å². The zero-order chi connectivity index (χ0) is 22.2. The van der Waals surface area contributed by atoms with E-state index in [1.807, 2.05) is 4.72 Å². The van der Waals surface area contributed by atoms with Crippen molar-refractivity contribution in [3.63, 3.8) is 0 Å². The number of rotatable bonds is 5. The smallest absolute Gasteiger partial charge is 0.416 e. The summed E-state index contributed by atoms with van der Waals surface area (Å²) < 4.78 is 134. The molecule has 0 aliphatic heterocycles. The van der Waals surface area contributed by atoms with Crippen LogP contribution in [0.15, 0.2) is 30.3 Å². The molecule has 0 unspecified atom stereocenters. The van der Waals surface area contributed by atoms with Gasteiger partial charge in [0.05, 0.1) is 17.4 Å². The minimum Gasteiger partial charge on any atom is -0.454 e. The van der Waals surface area contributed by atoms with Crippen molar-refractivity contribution in [2.24, 2.45) is 0 Å². The largest absolute Gasteiger partial charge is 0.454 e. The fraction of sp³-hybridized carbons (Fsp3) is 0.250. The number of nitrogens with one attached hydrogen (secondary N) is 1. The first-order valence-corrected chi connectivity index (χ1v) is 9.35. The van der Waals surface area contributed by atoms with Crippen molar-refractivity contribution in [3.8, 4) is 11.5 Å². The number of sulfonamides is 1. The number of hydrogen-bond acceptors (Lipinski definition) is 3. The Hall–Kier alpha value is -2.41. The van der Waals surface area contributed by atoms with E-state index in [-0.39, 0.29) is 18.2 Å². The molecule has 13 heteroatoms. The standard InChI is InChI=1S/C16H11F8NO3S/c1-29(26,27)25-7-8-2-13(18)14(6-12(8)17)28-11-4-9(15(19,20)21)3-10(5-11)16(22,23)24/h2-6,25H,7H2,1H3. The van der Waals surface area contributed by atoms with Gasteiger partial charge in [-0.05, 0) is 24.3 Å². The summed E-state index contributed by atoms with van der Waals surface area (Å²) in [5.74, 6) is -4.53. The molecule has 0 bridgehead atoms. The van der Waals surface area contributed by atoms with E-state index >= 15 is 0 Å². The Morgan fingerprint density at radius 3 is 1.83 bits per heavy atom. The summed E-state index contributed by atoms with van der Waals surface area (Å²) in [7, 11) is -3.73. The first-order chi connectivity index (χ1) is 13.1. The molecule has 0 heterocycles. The van der Waals surface area contributed by atoms with E-state index in [1.54, 1.807) is 0 Å². The van der Waals surface area contributed by atoms with E-state index in [1.165, 1.54) is 0 Å². The highest BCUT2D eigenvalue weighted by molar-refractivity contribution is 7.88. The monoisotopic (exact) mass is 449 g/mol. The normalized spacial score (nSPS) is 12.9. The van der Waals surface area contributed by atoms with Crippen LogP contribution in [0.5, 0.6) is 11.5 Å². The highest BCUT2D eigenvalue weighted by Crippen LogP contribution is 2.39. The second-order valence-electron chi connectivity index (χ2n) is 5.81. The predicted octanol–water partition coefficient (Wildman–Crippen LogP) is 4.84. The Balaban J connectivity index is 2.42. The molecule has 0 amide bonds. The van der Waals surface area contributed by atoms with E-state index in [0.29, 0.717) is 12.1 Å². The van der Waals surface area contributed by atoms with E-state index in [4.69, 9.17) is 4.74 Å². The van der Waals surface area contributed by atoms with Gasteiger partial charge >= 0.3 is 12.4 Å². The van der Waals surface area contributed by atoms with Crippen LogP contribution in [0.25, 0.3) is 0 Å². The summed E-state index contributed by atoms with van der Waals surface area (Å²) in [6.07, 6.45) is -9.53. The molecular formula is C16H11F8NO3S. The first-order valence-electron chi connectivity index (χ1n) is 7.46. The maximum atomic E-state index is 14.1. The Morgan fingerprint density at radius 1 is 0.862 bits per heavy atom. The van der Waals surface area contributed by atoms with Crippen LogP contribution in [0.3, 0.4) is 0 Å². The summed E-state index contributed by atoms with van der Waals surface area (Å²) in [6, 6.07) is 1.13. The van der Waals surface area contributed by atoms with Gasteiger partial charge in [0.15, 0.2) is 11.6 Å². The van der Waals surface area contributed by atoms with Crippen molar-refractivity contribution >= 4 is 10.0 Å². The van der Waals surface area contributed by atoms with Gasteiger partial charge in [0, 0.05) is 18.2 Å². The van der Waals surface area contributed by atoms with Crippen LogP contribution in [-0.2, 0) is 28.9 Å². The molecule has 29 heavy (non-hydrogen) atoms. The van der Waals surface area contributed by atoms with Crippen molar-refractivity contribution in [3.05, 3.63) is 58.7 Å². The Bertz CT molecular complexity index is 984. The van der Waals surface area contributed by atoms with Gasteiger partial charge in [0.25, 0.3) is 0 Å². The van der Waals surface area contributed by atoms with Gasteiger partial charge in [-0.1, -0.05) is 0 Å². The summed E-state index contributed by atoms with van der Waals surface area (Å²) in [5, 5.41) is 0. The Morgan fingerprint density at radius 2 is 1.38 bits per heavy atom. The van der Waals surface area contributed by atoms with Crippen LogP contribution in [0.4, 0.5) is 35.1 Å². The van der Waals surface area contributed by atoms with E-state index in [9.17, 15) is 43.5 Å². The van der Waals surface area contributed by atoms with Crippen LogP contribution in [-0.4, -0.2) is 14.7 Å². The van der Waals surface area contributed by atoms with Gasteiger partial charge in [-0.25, -0.2) is 21.9 Å². The molecule has 160 valence electrons. The maximum absolute atomic E-state index is 14.1. The fourth-order valence-electron chi connectivity index (χ4n) is 2.10. The summed E-state index contributed by atoms with van der Waals surface area (Å²) in [4.78, 5) is 0. The van der Waals surface area contributed by atoms with Crippen molar-refractivity contribution in [1.82, 2.24) is 4.72 Å². The molecule has 0 aliphatic carbocycles. The van der Waals surface area contributed by atoms with Crippen molar-refractivity contribution in [1.29, 1.82) is 0 Å². The molecule has 0 aliphatic rings. The highest BCUT2D eigenvalue weighted by atomic mass is 32.2. The molecule has 4 nitrogen and oxygen atoms in total. The van der Waals surface area contributed by atoms with Crippen molar-refractivity contribution < 1.29 is 48.3 Å². The van der Waals surface area contributed by atoms with Crippen LogP contribution in [0, 0.1) is 11.6 Å². The third-order valence-corrected chi connectivity index (χ3v) is 4.08. The van der Waals surface area contributed by atoms with Gasteiger partial charge in [0.1, 0.15) is 11.6 Å². The van der Waals surface area contributed by atoms with Crippen LogP contribution < -0.4 is 9.46 Å². The lowest BCUT2D eigenvalue weighted by molar-refractivity contribution is -0.143. The topological polar surface area (TPSA) is 55.4 Å². The lowest BCUT2D eigenvalue weighted by atomic mass is 10.1. The molecule has 0 atom stereocenters. The highest BCUT2D eigenvalue weighted by Gasteiger charge is 2.37. The number of alkyl halides is 6. The van der Waals surface area contributed by atoms with E-state index in [0.717, 1.165) is 6.26 Å². The molecular weight excluding hydrogens is 438 g/mol. The SMILES string of the molecule is CS(=O)(=O)NCc1cc(F)c(Oc2cc(C(F)(F)F)cc(C(F)(F)F)c2)cc1F. The molecule has 0 aromatic heterocycles. The summed E-state index contributed by atoms with van der Waals surface area (Å²) in [5.41, 5.74) is -3.85. The first kappa shape index (κ1) is 22.9. The van der Waals surface area contributed by atoms with Crippen LogP contribution >= 0.6 is 0 Å². The quantitative estimate of drug-likeness (QED) is 0.665. The fourth-order valence-corrected chi connectivity index (χ4v) is 2.52.